The van der Waals surface area contributed by atoms with E-state index in [-0.39, 0.29) is 17.7 Å². The van der Waals surface area contributed by atoms with Gasteiger partial charge in [0.25, 0.3) is 0 Å². The standard InChI is InChI=1S/C20H24ClN3O3S/c1-16(20(25)22-19-10-6-5-9-18(19)21)23-11-13-24(14-12-23)28(26,27)15-17-7-3-2-4-8-17/h2-10,16H,11-15H2,1H3,(H,22,25). The first kappa shape index (κ1) is 20.8. The molecule has 28 heavy (non-hydrogen) atoms. The molecule has 1 saturated heterocycles. The van der Waals surface area contributed by atoms with E-state index in [1.807, 2.05) is 48.2 Å². The third-order valence-electron chi connectivity index (χ3n) is 4.92. The predicted octanol–water partition coefficient (Wildman–Crippen LogP) is 2.81. The normalized spacial score (nSPS) is 17.2. The molecule has 1 amide bonds. The fraction of sp³-hybridized carbons (Fsp3) is 0.350. The summed E-state index contributed by atoms with van der Waals surface area (Å²) in [5, 5.41) is 3.32. The number of benzene rings is 2. The van der Waals surface area contributed by atoms with Crippen LogP contribution in [-0.4, -0.2) is 55.8 Å². The van der Waals surface area contributed by atoms with Crippen LogP contribution in [0, 0.1) is 0 Å². The third-order valence-corrected chi connectivity index (χ3v) is 7.10. The van der Waals surface area contributed by atoms with Crippen LogP contribution in [0.15, 0.2) is 54.6 Å². The van der Waals surface area contributed by atoms with Crippen LogP contribution in [0.2, 0.25) is 5.02 Å². The molecule has 0 bridgehead atoms. The Morgan fingerprint density at radius 2 is 1.64 bits per heavy atom. The van der Waals surface area contributed by atoms with Gasteiger partial charge in [0.2, 0.25) is 15.9 Å². The number of halogens is 1. The summed E-state index contributed by atoms with van der Waals surface area (Å²) in [6.45, 7) is 3.58. The Hall–Kier alpha value is -1.93. The van der Waals surface area contributed by atoms with Gasteiger partial charge in [-0.2, -0.15) is 4.31 Å². The zero-order valence-corrected chi connectivity index (χ0v) is 17.3. The van der Waals surface area contributed by atoms with Crippen molar-refractivity contribution in [3.05, 3.63) is 65.2 Å². The molecule has 0 aliphatic carbocycles. The molecule has 0 aromatic heterocycles. The summed E-state index contributed by atoms with van der Waals surface area (Å²) in [7, 11) is -3.37. The second kappa shape index (κ2) is 9.05. The number of sulfonamides is 1. The fourth-order valence-corrected chi connectivity index (χ4v) is 4.91. The zero-order chi connectivity index (χ0) is 20.1. The Morgan fingerprint density at radius 3 is 2.29 bits per heavy atom. The maximum absolute atomic E-state index is 12.7. The van der Waals surface area contributed by atoms with Gasteiger partial charge >= 0.3 is 0 Å². The number of hydrogen-bond acceptors (Lipinski definition) is 4. The minimum absolute atomic E-state index is 0.00359. The predicted molar refractivity (Wildman–Crippen MR) is 112 cm³/mol. The number of amides is 1. The number of para-hydroxylation sites is 1. The Kier molecular flexibility index (Phi) is 6.72. The van der Waals surface area contributed by atoms with Crippen LogP contribution in [-0.2, 0) is 20.6 Å². The van der Waals surface area contributed by atoms with Crippen molar-refractivity contribution in [2.75, 3.05) is 31.5 Å². The Morgan fingerprint density at radius 1 is 1.04 bits per heavy atom. The van der Waals surface area contributed by atoms with E-state index >= 15 is 0 Å². The largest absolute Gasteiger partial charge is 0.323 e. The van der Waals surface area contributed by atoms with Gasteiger partial charge in [-0.05, 0) is 24.6 Å². The maximum Gasteiger partial charge on any atom is 0.241 e. The highest BCUT2D eigenvalue weighted by molar-refractivity contribution is 7.88. The number of nitrogens with zero attached hydrogens (tertiary/aromatic N) is 2. The number of carbonyl (C=O) groups excluding carboxylic acids is 1. The SMILES string of the molecule is CC(C(=O)Nc1ccccc1Cl)N1CCN(S(=O)(=O)Cc2ccccc2)CC1. The van der Waals surface area contributed by atoms with E-state index in [4.69, 9.17) is 11.6 Å². The summed E-state index contributed by atoms with van der Waals surface area (Å²) in [4.78, 5) is 14.5. The van der Waals surface area contributed by atoms with Gasteiger partial charge in [-0.1, -0.05) is 54.1 Å². The van der Waals surface area contributed by atoms with Crippen molar-refractivity contribution in [1.29, 1.82) is 0 Å². The monoisotopic (exact) mass is 421 g/mol. The molecule has 2 aromatic rings. The third kappa shape index (κ3) is 5.11. The number of hydrogen-bond donors (Lipinski definition) is 1. The van der Waals surface area contributed by atoms with Crippen LogP contribution in [0.4, 0.5) is 5.69 Å². The number of rotatable bonds is 6. The summed E-state index contributed by atoms with van der Waals surface area (Å²) < 4.78 is 26.8. The lowest BCUT2D eigenvalue weighted by Crippen LogP contribution is -2.54. The Bertz CT molecular complexity index is 913. The van der Waals surface area contributed by atoms with Gasteiger partial charge in [0.05, 0.1) is 22.5 Å². The number of carbonyl (C=O) groups is 1. The van der Waals surface area contributed by atoms with Crippen LogP contribution < -0.4 is 5.32 Å². The van der Waals surface area contributed by atoms with Crippen LogP contribution in [0.5, 0.6) is 0 Å². The van der Waals surface area contributed by atoms with Crippen molar-refractivity contribution < 1.29 is 13.2 Å². The van der Waals surface area contributed by atoms with Gasteiger partial charge in [0, 0.05) is 26.2 Å². The molecule has 1 aliphatic rings. The molecule has 6 nitrogen and oxygen atoms in total. The van der Waals surface area contributed by atoms with Crippen molar-refractivity contribution in [2.24, 2.45) is 0 Å². The van der Waals surface area contributed by atoms with E-state index < -0.39 is 10.0 Å². The lowest BCUT2D eigenvalue weighted by molar-refractivity contribution is -0.121. The van der Waals surface area contributed by atoms with Gasteiger partial charge < -0.3 is 5.32 Å². The molecule has 1 N–H and O–H groups in total. The van der Waals surface area contributed by atoms with Gasteiger partial charge in [-0.3, -0.25) is 9.69 Å². The molecule has 0 spiro atoms. The summed E-state index contributed by atoms with van der Waals surface area (Å²) >= 11 is 6.09. The highest BCUT2D eigenvalue weighted by Gasteiger charge is 2.31. The van der Waals surface area contributed by atoms with Crippen LogP contribution in [0.25, 0.3) is 0 Å². The van der Waals surface area contributed by atoms with Gasteiger partial charge in [0.15, 0.2) is 0 Å². The maximum atomic E-state index is 12.7. The first-order chi connectivity index (χ1) is 13.4. The van der Waals surface area contributed by atoms with E-state index in [1.165, 1.54) is 4.31 Å². The highest BCUT2D eigenvalue weighted by atomic mass is 35.5. The molecule has 1 unspecified atom stereocenters. The molecular formula is C20H24ClN3O3S. The minimum Gasteiger partial charge on any atom is -0.323 e. The van der Waals surface area contributed by atoms with Gasteiger partial charge in [-0.25, -0.2) is 8.42 Å². The summed E-state index contributed by atoms with van der Waals surface area (Å²) in [5.41, 5.74) is 1.35. The summed E-state index contributed by atoms with van der Waals surface area (Å²) in [6.07, 6.45) is 0. The number of anilines is 1. The second-order valence-electron chi connectivity index (χ2n) is 6.82. The van der Waals surface area contributed by atoms with E-state index in [2.05, 4.69) is 5.32 Å². The van der Waals surface area contributed by atoms with E-state index in [0.717, 1.165) is 5.56 Å². The summed E-state index contributed by atoms with van der Waals surface area (Å²) in [5.74, 6) is -0.162. The molecular weight excluding hydrogens is 398 g/mol. The zero-order valence-electron chi connectivity index (χ0n) is 15.7. The average Bonchev–Trinajstić information content (AvgIpc) is 2.69. The average molecular weight is 422 g/mol. The quantitative estimate of drug-likeness (QED) is 0.778. The molecule has 0 radical (unpaired) electrons. The molecule has 0 saturated carbocycles. The summed E-state index contributed by atoms with van der Waals surface area (Å²) in [6, 6.07) is 15.9. The molecule has 1 heterocycles. The molecule has 150 valence electrons. The van der Waals surface area contributed by atoms with Crippen LogP contribution in [0.3, 0.4) is 0 Å². The molecule has 1 aliphatic heterocycles. The first-order valence-corrected chi connectivity index (χ1v) is 11.2. The Balaban J connectivity index is 1.55. The lowest BCUT2D eigenvalue weighted by Gasteiger charge is -2.36. The van der Waals surface area contributed by atoms with Crippen molar-refractivity contribution in [3.8, 4) is 0 Å². The minimum atomic E-state index is -3.37. The number of piperazine rings is 1. The van der Waals surface area contributed by atoms with Crippen molar-refractivity contribution in [2.45, 2.75) is 18.7 Å². The molecule has 8 heteroatoms. The number of nitrogens with one attached hydrogen (secondary N) is 1. The molecule has 3 rings (SSSR count). The van der Waals surface area contributed by atoms with Crippen molar-refractivity contribution in [1.82, 2.24) is 9.21 Å². The van der Waals surface area contributed by atoms with Crippen molar-refractivity contribution >= 4 is 33.2 Å². The molecule has 1 fully saturated rings. The topological polar surface area (TPSA) is 69.7 Å². The molecule has 2 aromatic carbocycles. The van der Waals surface area contributed by atoms with Crippen LogP contribution >= 0.6 is 11.6 Å². The lowest BCUT2D eigenvalue weighted by atomic mass is 10.2. The van der Waals surface area contributed by atoms with E-state index in [9.17, 15) is 13.2 Å². The smallest absolute Gasteiger partial charge is 0.241 e. The first-order valence-electron chi connectivity index (χ1n) is 9.18. The fourth-order valence-electron chi connectivity index (χ4n) is 3.21. The van der Waals surface area contributed by atoms with E-state index in [0.29, 0.717) is 36.9 Å². The van der Waals surface area contributed by atoms with Crippen LogP contribution in [0.1, 0.15) is 12.5 Å². The Labute approximate surface area is 171 Å². The second-order valence-corrected chi connectivity index (χ2v) is 9.20. The van der Waals surface area contributed by atoms with Gasteiger partial charge in [0.1, 0.15) is 0 Å². The van der Waals surface area contributed by atoms with E-state index in [1.54, 1.807) is 18.2 Å². The van der Waals surface area contributed by atoms with Crippen molar-refractivity contribution in [3.63, 3.8) is 0 Å². The molecule has 1 atom stereocenters. The highest BCUT2D eigenvalue weighted by Crippen LogP contribution is 2.21. The van der Waals surface area contributed by atoms with Gasteiger partial charge in [-0.15, -0.1) is 0 Å².